The van der Waals surface area contributed by atoms with Crippen LogP contribution >= 0.6 is 0 Å². The summed E-state index contributed by atoms with van der Waals surface area (Å²) in [6.45, 7) is 2.24. The zero-order chi connectivity index (χ0) is 18.2. The van der Waals surface area contributed by atoms with Gasteiger partial charge in [-0.05, 0) is 6.42 Å². The minimum absolute atomic E-state index is 0. The van der Waals surface area contributed by atoms with E-state index >= 15 is 0 Å². The molecule has 0 radical (unpaired) electrons. The Kier molecular flexibility index (Phi) is 31.5. The van der Waals surface area contributed by atoms with Crippen molar-refractivity contribution < 1.29 is 121 Å². The van der Waals surface area contributed by atoms with Gasteiger partial charge in [-0.25, -0.2) is 22.1 Å². The molecule has 0 rings (SSSR count). The summed E-state index contributed by atoms with van der Waals surface area (Å²) in [5, 5.41) is 7.00. The van der Waals surface area contributed by atoms with Crippen molar-refractivity contribution in [3.63, 3.8) is 0 Å². The second-order valence-electron chi connectivity index (χ2n) is 4.89. The van der Waals surface area contributed by atoms with E-state index in [9.17, 15) is 13.0 Å². The summed E-state index contributed by atoms with van der Waals surface area (Å²) in [7, 11) is -9.34. The standard InChI is InChI=1S/C12H26O4S.K.Na.H2O5S/c1-2-3-4-5-6-7-8-9-10-11-12-16-17(13,14)15;;;1-5-6(2,3)4/h2-12H2,1H3,(H,13,14,15);;;1H,(H,2,3,4)/q;2*+1;/p-2. The molecule has 0 aromatic carbocycles. The Hall–Kier alpha value is 2.34. The average molecular weight is 441 g/mol. The van der Waals surface area contributed by atoms with Crippen LogP contribution < -0.4 is 80.9 Å². The van der Waals surface area contributed by atoms with Crippen molar-refractivity contribution in [3.8, 4) is 0 Å². The van der Waals surface area contributed by atoms with Gasteiger partial charge in [0.15, 0.2) is 0 Å². The van der Waals surface area contributed by atoms with Crippen LogP contribution in [0.3, 0.4) is 0 Å². The second-order valence-corrected chi connectivity index (χ2v) is 6.91. The molecule has 0 aromatic rings. The van der Waals surface area contributed by atoms with Crippen molar-refractivity contribution in [2.75, 3.05) is 6.61 Å². The van der Waals surface area contributed by atoms with Gasteiger partial charge in [0.05, 0.1) is 6.61 Å². The van der Waals surface area contributed by atoms with Crippen molar-refractivity contribution in [2.45, 2.75) is 71.1 Å². The van der Waals surface area contributed by atoms with E-state index in [2.05, 4.69) is 15.4 Å². The molecule has 1 N–H and O–H groups in total. The first-order chi connectivity index (χ1) is 10.6. The number of hydrogen-bond donors (Lipinski definition) is 1. The first-order valence-electron chi connectivity index (χ1n) is 7.51. The molecule has 0 fully saturated rings. The summed E-state index contributed by atoms with van der Waals surface area (Å²) in [6, 6.07) is 0. The van der Waals surface area contributed by atoms with Gasteiger partial charge >= 0.3 is 80.9 Å². The number of rotatable bonds is 13. The molecule has 0 aliphatic rings. The Morgan fingerprint density at radius 1 is 0.760 bits per heavy atom. The fraction of sp³-hybridized carbons (Fsp3) is 1.00. The molecule has 0 saturated carbocycles. The zero-order valence-corrected chi connectivity index (χ0v) is 22.1. The fourth-order valence-corrected chi connectivity index (χ4v) is 2.07. The van der Waals surface area contributed by atoms with Gasteiger partial charge in [-0.15, -0.1) is 4.33 Å². The molecule has 0 bridgehead atoms. The van der Waals surface area contributed by atoms with E-state index in [0.29, 0.717) is 6.42 Å². The van der Waals surface area contributed by atoms with E-state index in [1.54, 1.807) is 0 Å². The van der Waals surface area contributed by atoms with Crippen molar-refractivity contribution in [2.24, 2.45) is 0 Å². The predicted molar refractivity (Wildman–Crippen MR) is 80.9 cm³/mol. The van der Waals surface area contributed by atoms with Gasteiger partial charge in [0, 0.05) is 0 Å². The molecule has 0 aliphatic heterocycles. The number of unbranched alkanes of at least 4 members (excludes halogenated alkanes) is 9. The number of hydrogen-bond acceptors (Lipinski definition) is 9. The normalized spacial score (nSPS) is 10.9. The molecular weight excluding hydrogens is 414 g/mol. The van der Waals surface area contributed by atoms with Crippen LogP contribution in [0.1, 0.15) is 71.1 Å². The van der Waals surface area contributed by atoms with E-state index in [1.807, 2.05) is 0 Å². The van der Waals surface area contributed by atoms with Crippen molar-refractivity contribution >= 4 is 20.8 Å². The summed E-state index contributed by atoms with van der Waals surface area (Å²) in [6.07, 6.45) is 11.7. The fourth-order valence-electron chi connectivity index (χ4n) is 1.75. The van der Waals surface area contributed by atoms with Crippen molar-refractivity contribution in [1.29, 1.82) is 0 Å². The van der Waals surface area contributed by atoms with E-state index < -0.39 is 20.8 Å². The van der Waals surface area contributed by atoms with E-state index in [4.69, 9.17) is 18.2 Å². The van der Waals surface area contributed by atoms with Crippen LogP contribution in [-0.2, 0) is 29.3 Å². The molecule has 25 heavy (non-hydrogen) atoms. The summed E-state index contributed by atoms with van der Waals surface area (Å²) >= 11 is 0. The van der Waals surface area contributed by atoms with Crippen LogP contribution in [0.15, 0.2) is 0 Å². The molecule has 0 amide bonds. The third-order valence-corrected chi connectivity index (χ3v) is 3.45. The Labute approximate surface area is 216 Å². The summed E-state index contributed by atoms with van der Waals surface area (Å²) in [5.41, 5.74) is 0. The molecule has 0 heterocycles. The quantitative estimate of drug-likeness (QED) is 0.0762. The zero-order valence-electron chi connectivity index (χ0n) is 15.3. The van der Waals surface area contributed by atoms with Crippen LogP contribution in [-0.4, -0.2) is 37.8 Å². The maximum absolute atomic E-state index is 10.1. The molecular formula is C12H26KNaO9S2. The molecule has 9 nitrogen and oxygen atoms in total. The maximum Gasteiger partial charge on any atom is 1.00 e. The molecule has 0 unspecified atom stereocenters. The molecule has 0 atom stereocenters. The SMILES string of the molecule is CCCCCCCCCCCCOS(=O)(=O)[O-].O=S(=O)([O-])OO.[K+].[Na+]. The third-order valence-electron chi connectivity index (χ3n) is 2.82. The summed E-state index contributed by atoms with van der Waals surface area (Å²) in [5.74, 6) is 0. The van der Waals surface area contributed by atoms with Crippen molar-refractivity contribution in [1.82, 2.24) is 0 Å². The van der Waals surface area contributed by atoms with E-state index in [0.717, 1.165) is 12.8 Å². The van der Waals surface area contributed by atoms with Gasteiger partial charge in [0.2, 0.25) is 20.8 Å². The minimum atomic E-state index is -4.86. The first-order valence-corrected chi connectivity index (χ1v) is 10.2. The Balaban J connectivity index is -0.000000238. The Bertz CT molecular complexity index is 457. The predicted octanol–water partition coefficient (Wildman–Crippen LogP) is -3.67. The van der Waals surface area contributed by atoms with Crippen LogP contribution in [0.25, 0.3) is 0 Å². The molecule has 142 valence electrons. The van der Waals surface area contributed by atoms with Crippen LogP contribution in [0, 0.1) is 0 Å². The Morgan fingerprint density at radius 2 is 1.08 bits per heavy atom. The molecule has 0 spiro atoms. The molecule has 13 heteroatoms. The summed E-state index contributed by atoms with van der Waals surface area (Å²) < 4.78 is 63.7. The monoisotopic (exact) mass is 440 g/mol. The van der Waals surface area contributed by atoms with Crippen LogP contribution in [0.4, 0.5) is 0 Å². The largest absolute Gasteiger partial charge is 1.00 e. The topological polar surface area (TPSA) is 153 Å². The first kappa shape index (κ1) is 34.8. The van der Waals surface area contributed by atoms with E-state index in [1.165, 1.54) is 44.9 Å². The average Bonchev–Trinajstić information content (AvgIpc) is 2.43. The van der Waals surface area contributed by atoms with Gasteiger partial charge in [-0.2, -0.15) is 0 Å². The molecule has 0 saturated heterocycles. The van der Waals surface area contributed by atoms with Crippen molar-refractivity contribution in [3.05, 3.63) is 0 Å². The maximum atomic E-state index is 10.1. The smallest absolute Gasteiger partial charge is 0.726 e. The third kappa shape index (κ3) is 41.7. The second kappa shape index (κ2) is 22.6. The molecule has 0 aliphatic carbocycles. The van der Waals surface area contributed by atoms with Gasteiger partial charge in [-0.3, -0.25) is 4.18 Å². The van der Waals surface area contributed by atoms with Crippen LogP contribution in [0.5, 0.6) is 0 Å². The van der Waals surface area contributed by atoms with E-state index in [-0.39, 0.29) is 87.5 Å². The van der Waals surface area contributed by atoms with Gasteiger partial charge in [0.1, 0.15) is 0 Å². The minimum Gasteiger partial charge on any atom is -0.726 e. The Morgan fingerprint density at radius 3 is 1.36 bits per heavy atom. The van der Waals surface area contributed by atoms with Gasteiger partial charge in [-0.1, -0.05) is 64.7 Å². The van der Waals surface area contributed by atoms with Gasteiger partial charge in [0.25, 0.3) is 0 Å². The van der Waals surface area contributed by atoms with Gasteiger partial charge < -0.3 is 9.11 Å². The molecule has 0 aromatic heterocycles. The van der Waals surface area contributed by atoms with Crippen LogP contribution in [0.2, 0.25) is 0 Å². The summed E-state index contributed by atoms with van der Waals surface area (Å²) in [4.78, 5) is 0.